The normalized spacial score (nSPS) is 12.5. The Labute approximate surface area is 236 Å². The number of furan rings is 2. The minimum absolute atomic E-state index is 0.0125. The largest absolute Gasteiger partial charge is 0.448 e. The summed E-state index contributed by atoms with van der Waals surface area (Å²) in [6.07, 6.45) is 0. The van der Waals surface area contributed by atoms with Crippen LogP contribution in [-0.4, -0.2) is 33.4 Å². The first-order valence-electron chi connectivity index (χ1n) is 12.3. The molecule has 3 heterocycles. The van der Waals surface area contributed by atoms with Gasteiger partial charge in [-0.1, -0.05) is 29.8 Å². The molecule has 39 heavy (non-hydrogen) atoms. The molecule has 202 valence electrons. The van der Waals surface area contributed by atoms with Gasteiger partial charge in [0.1, 0.15) is 28.5 Å². The third-order valence-corrected chi connectivity index (χ3v) is 7.19. The van der Waals surface area contributed by atoms with Crippen molar-refractivity contribution in [1.82, 2.24) is 14.5 Å². The lowest BCUT2D eigenvalue weighted by Crippen LogP contribution is -2.43. The maximum atomic E-state index is 14.2. The minimum Gasteiger partial charge on any atom is -0.448 e. The van der Waals surface area contributed by atoms with Crippen LogP contribution in [0.15, 0.2) is 72.7 Å². The Morgan fingerprint density at radius 1 is 1.15 bits per heavy atom. The number of carbonyl (C=O) groups excluding carboxylic acids is 1. The van der Waals surface area contributed by atoms with Gasteiger partial charge in [-0.2, -0.15) is 0 Å². The quantitative estimate of drug-likeness (QED) is 0.225. The average molecular weight is 616 g/mol. The Kier molecular flexibility index (Phi) is 7.61. The molecule has 0 aliphatic carbocycles. The van der Waals surface area contributed by atoms with E-state index in [-0.39, 0.29) is 47.8 Å². The van der Waals surface area contributed by atoms with Crippen molar-refractivity contribution in [2.45, 2.75) is 26.4 Å². The van der Waals surface area contributed by atoms with Gasteiger partial charge in [0.15, 0.2) is 5.22 Å². The monoisotopic (exact) mass is 614 g/mol. The highest BCUT2D eigenvalue weighted by atomic mass is 79.9. The van der Waals surface area contributed by atoms with Crippen LogP contribution in [0, 0.1) is 11.7 Å². The number of nitrogens with zero attached hydrogens (tertiary/aromatic N) is 3. The van der Waals surface area contributed by atoms with E-state index in [2.05, 4.69) is 15.9 Å². The Balaban J connectivity index is 1.76. The lowest BCUT2D eigenvalue weighted by Gasteiger charge is -2.35. The van der Waals surface area contributed by atoms with E-state index < -0.39 is 17.4 Å². The molecule has 0 spiro atoms. The number of benzene rings is 2. The lowest BCUT2D eigenvalue weighted by atomic mass is 9.99. The van der Waals surface area contributed by atoms with Crippen LogP contribution in [-0.2, 0) is 6.54 Å². The fourth-order valence-corrected chi connectivity index (χ4v) is 5.17. The molecule has 2 aromatic carbocycles. The molecule has 0 aliphatic heterocycles. The fraction of sp³-hybridized carbons (Fsp3) is 0.250. The van der Waals surface area contributed by atoms with Crippen molar-refractivity contribution in [3.05, 3.63) is 97.6 Å². The first kappa shape index (κ1) is 27.1. The molecule has 0 aliphatic rings. The van der Waals surface area contributed by atoms with Gasteiger partial charge in [-0.05, 0) is 72.1 Å². The van der Waals surface area contributed by atoms with Gasteiger partial charge >= 0.3 is 0 Å². The Morgan fingerprint density at radius 2 is 1.90 bits per heavy atom. The molecule has 1 unspecified atom stereocenters. The third kappa shape index (κ3) is 5.24. The molecule has 0 bridgehead atoms. The van der Waals surface area contributed by atoms with Crippen molar-refractivity contribution >= 4 is 55.5 Å². The zero-order valence-corrected chi connectivity index (χ0v) is 23.5. The molecule has 1 amide bonds. The molecule has 8 nitrogen and oxygen atoms in total. The number of hydrogen-bond donors (Lipinski definition) is 1. The standard InChI is InChI=1S/C28H25BrClFN4O4/c1-15(2)24(34(12-11-32)27(36)16-3-5-17(29)6-4-16)26-33-23-20-13-18(31)7-9-21(20)39-25(23)28(37)35(26)14-19-8-10-22(30)38-19/h3-10,13,15,24H,11-12,14,32H2,1-2H3. The van der Waals surface area contributed by atoms with Gasteiger partial charge in [-0.3, -0.25) is 14.2 Å². The number of rotatable bonds is 8. The molecule has 5 rings (SSSR count). The van der Waals surface area contributed by atoms with Crippen LogP contribution in [0.4, 0.5) is 4.39 Å². The number of fused-ring (bicyclic) bond motifs is 3. The summed E-state index contributed by atoms with van der Waals surface area (Å²) >= 11 is 9.40. The van der Waals surface area contributed by atoms with Crippen LogP contribution in [0.25, 0.3) is 22.1 Å². The fourth-order valence-electron chi connectivity index (χ4n) is 4.75. The number of amides is 1. The summed E-state index contributed by atoms with van der Waals surface area (Å²) in [5.41, 5.74) is 6.45. The van der Waals surface area contributed by atoms with Crippen LogP contribution >= 0.6 is 27.5 Å². The number of nitrogens with two attached hydrogens (primary N) is 1. The molecule has 2 N–H and O–H groups in total. The predicted octanol–water partition coefficient (Wildman–Crippen LogP) is 6.14. The maximum Gasteiger partial charge on any atom is 0.297 e. The number of halogens is 3. The van der Waals surface area contributed by atoms with Crippen LogP contribution in [0.5, 0.6) is 0 Å². The topological polar surface area (TPSA) is 108 Å². The second-order valence-corrected chi connectivity index (χ2v) is 10.8. The molecule has 1 atom stereocenters. The maximum absolute atomic E-state index is 14.2. The molecule has 3 aromatic heterocycles. The zero-order chi connectivity index (χ0) is 27.8. The first-order chi connectivity index (χ1) is 18.7. The van der Waals surface area contributed by atoms with Crippen LogP contribution in [0.2, 0.25) is 5.22 Å². The number of hydrogen-bond acceptors (Lipinski definition) is 6. The van der Waals surface area contributed by atoms with Crippen LogP contribution in [0.3, 0.4) is 0 Å². The molecule has 0 radical (unpaired) electrons. The third-order valence-electron chi connectivity index (χ3n) is 6.46. The van der Waals surface area contributed by atoms with E-state index in [9.17, 15) is 14.0 Å². The van der Waals surface area contributed by atoms with Crippen molar-refractivity contribution in [1.29, 1.82) is 0 Å². The molecular formula is C28H25BrClFN4O4. The van der Waals surface area contributed by atoms with E-state index in [0.717, 1.165) is 4.47 Å². The summed E-state index contributed by atoms with van der Waals surface area (Å²) in [4.78, 5) is 34.2. The molecule has 0 saturated heterocycles. The SMILES string of the molecule is CC(C)C(c1nc2c(oc3ccc(F)cc32)c(=O)n1Cc1ccc(Cl)o1)N(CCN)C(=O)c1ccc(Br)cc1. The molecule has 5 aromatic rings. The summed E-state index contributed by atoms with van der Waals surface area (Å²) in [6.45, 7) is 4.24. The molecule has 11 heteroatoms. The summed E-state index contributed by atoms with van der Waals surface area (Å²) in [5.74, 6) is -0.239. The molecule has 0 fully saturated rings. The first-order valence-corrected chi connectivity index (χ1v) is 13.5. The van der Waals surface area contributed by atoms with Gasteiger partial charge in [0, 0.05) is 28.5 Å². The average Bonchev–Trinajstić information content (AvgIpc) is 3.48. The highest BCUT2D eigenvalue weighted by Crippen LogP contribution is 2.33. The predicted molar refractivity (Wildman–Crippen MR) is 150 cm³/mol. The van der Waals surface area contributed by atoms with E-state index in [1.54, 1.807) is 41.3 Å². The van der Waals surface area contributed by atoms with E-state index >= 15 is 0 Å². The van der Waals surface area contributed by atoms with E-state index in [1.165, 1.54) is 22.8 Å². The second kappa shape index (κ2) is 11.0. The Morgan fingerprint density at radius 3 is 2.54 bits per heavy atom. The number of aromatic nitrogens is 2. The van der Waals surface area contributed by atoms with E-state index in [4.69, 9.17) is 31.2 Å². The number of carbonyl (C=O) groups is 1. The highest BCUT2D eigenvalue weighted by Gasteiger charge is 2.33. The van der Waals surface area contributed by atoms with Crippen molar-refractivity contribution in [2.75, 3.05) is 13.1 Å². The summed E-state index contributed by atoms with van der Waals surface area (Å²) < 4.78 is 27.8. The van der Waals surface area contributed by atoms with Crippen molar-refractivity contribution < 1.29 is 18.0 Å². The second-order valence-electron chi connectivity index (χ2n) is 9.47. The minimum atomic E-state index is -0.675. The molecule has 0 saturated carbocycles. The molecular weight excluding hydrogens is 591 g/mol. The van der Waals surface area contributed by atoms with Gasteiger partial charge in [-0.25, -0.2) is 9.37 Å². The highest BCUT2D eigenvalue weighted by molar-refractivity contribution is 9.10. The van der Waals surface area contributed by atoms with Crippen molar-refractivity contribution in [2.24, 2.45) is 11.7 Å². The van der Waals surface area contributed by atoms with E-state index in [0.29, 0.717) is 28.1 Å². The van der Waals surface area contributed by atoms with Gasteiger partial charge in [-0.15, -0.1) is 0 Å². The van der Waals surface area contributed by atoms with Gasteiger partial charge in [0.05, 0.1) is 12.6 Å². The van der Waals surface area contributed by atoms with Crippen molar-refractivity contribution in [3.8, 4) is 0 Å². The summed E-state index contributed by atoms with van der Waals surface area (Å²) in [7, 11) is 0. The van der Waals surface area contributed by atoms with Crippen LogP contribution in [0.1, 0.15) is 41.8 Å². The van der Waals surface area contributed by atoms with E-state index in [1.807, 2.05) is 13.8 Å². The Hall–Kier alpha value is -3.47. The Bertz CT molecular complexity index is 1730. The smallest absolute Gasteiger partial charge is 0.297 e. The van der Waals surface area contributed by atoms with Gasteiger partial charge in [0.25, 0.3) is 11.5 Å². The summed E-state index contributed by atoms with van der Waals surface area (Å²) in [6, 6.07) is 13.6. The van der Waals surface area contributed by atoms with Gasteiger partial charge < -0.3 is 19.5 Å². The summed E-state index contributed by atoms with van der Waals surface area (Å²) in [5, 5.41) is 0.534. The zero-order valence-electron chi connectivity index (χ0n) is 21.2. The van der Waals surface area contributed by atoms with Crippen LogP contribution < -0.4 is 11.3 Å². The van der Waals surface area contributed by atoms with Gasteiger partial charge in [0.2, 0.25) is 5.58 Å². The lowest BCUT2D eigenvalue weighted by molar-refractivity contribution is 0.0612. The van der Waals surface area contributed by atoms with Crippen molar-refractivity contribution in [3.63, 3.8) is 0 Å².